The highest BCUT2D eigenvalue weighted by molar-refractivity contribution is 5.99. The highest BCUT2D eigenvalue weighted by Crippen LogP contribution is 2.22. The number of ether oxygens (including phenoxy) is 1. The van der Waals surface area contributed by atoms with Gasteiger partial charge in [0.2, 0.25) is 0 Å². The topological polar surface area (TPSA) is 82.4 Å². The van der Waals surface area contributed by atoms with Crippen molar-refractivity contribution < 1.29 is 14.3 Å². The quantitative estimate of drug-likeness (QED) is 0.444. The van der Waals surface area contributed by atoms with Crippen LogP contribution < -0.4 is 10.2 Å². The van der Waals surface area contributed by atoms with E-state index in [0.717, 1.165) is 18.5 Å². The van der Waals surface area contributed by atoms with Crippen molar-refractivity contribution in [2.24, 2.45) is 5.92 Å². The lowest BCUT2D eigenvalue weighted by Gasteiger charge is -2.22. The lowest BCUT2D eigenvalue weighted by molar-refractivity contribution is -0.150. The van der Waals surface area contributed by atoms with E-state index < -0.39 is 12.1 Å². The number of carbonyl (C=O) groups is 2. The number of anilines is 1. The molecule has 1 N–H and O–H groups in total. The minimum Gasteiger partial charge on any atom is -0.448 e. The largest absolute Gasteiger partial charge is 0.448 e. The van der Waals surface area contributed by atoms with E-state index in [0.29, 0.717) is 18.0 Å². The number of hydrogen-bond donors (Lipinski definition) is 1. The summed E-state index contributed by atoms with van der Waals surface area (Å²) in [5, 5.41) is 12.2. The van der Waals surface area contributed by atoms with Gasteiger partial charge in [-0.15, -0.1) is 0 Å². The van der Waals surface area contributed by atoms with Crippen LogP contribution in [0.5, 0.6) is 0 Å². The third kappa shape index (κ3) is 6.41. The lowest BCUT2D eigenvalue weighted by Crippen LogP contribution is -2.38. The van der Waals surface area contributed by atoms with Crippen LogP contribution in [0.3, 0.4) is 0 Å². The van der Waals surface area contributed by atoms with Gasteiger partial charge in [0, 0.05) is 26.3 Å². The van der Waals surface area contributed by atoms with Gasteiger partial charge in [0.05, 0.1) is 0 Å². The van der Waals surface area contributed by atoms with Crippen LogP contribution in [0.4, 0.5) is 5.69 Å². The van der Waals surface area contributed by atoms with Gasteiger partial charge in [-0.2, -0.15) is 5.26 Å². The van der Waals surface area contributed by atoms with Crippen LogP contribution >= 0.6 is 0 Å². The first-order valence-corrected chi connectivity index (χ1v) is 9.78. The lowest BCUT2D eigenvalue weighted by atomic mass is 9.89. The molecule has 1 saturated carbocycles. The number of esters is 1. The summed E-state index contributed by atoms with van der Waals surface area (Å²) in [5.41, 5.74) is 1.60. The van der Waals surface area contributed by atoms with Crippen LogP contribution in [0.1, 0.15) is 44.6 Å². The van der Waals surface area contributed by atoms with Crippen LogP contribution in [0.2, 0.25) is 0 Å². The zero-order chi connectivity index (χ0) is 20.5. The number of amides is 1. The van der Waals surface area contributed by atoms with E-state index in [1.54, 1.807) is 0 Å². The van der Waals surface area contributed by atoms with Gasteiger partial charge < -0.3 is 15.0 Å². The standard InChI is InChI=1S/C22H29N3O3/c1-16(21(26)24-15-18-7-5-4-6-8-18)28-22(27)19(14-23)13-17-9-11-20(12-10-17)25(2)3/h9-13,16,18H,4-8,15H2,1-3H3,(H,24,26)/b19-13+/t16-/m0/s1. The van der Waals surface area contributed by atoms with E-state index in [4.69, 9.17) is 4.74 Å². The van der Waals surface area contributed by atoms with Gasteiger partial charge in [-0.3, -0.25) is 4.79 Å². The van der Waals surface area contributed by atoms with Crippen molar-refractivity contribution in [3.63, 3.8) is 0 Å². The number of nitrogens with zero attached hydrogens (tertiary/aromatic N) is 2. The van der Waals surface area contributed by atoms with Crippen molar-refractivity contribution in [1.82, 2.24) is 5.32 Å². The number of benzene rings is 1. The third-order valence-corrected chi connectivity index (χ3v) is 5.00. The number of carbonyl (C=O) groups excluding carboxylic acids is 2. The molecule has 1 amide bonds. The third-order valence-electron chi connectivity index (χ3n) is 5.00. The Labute approximate surface area is 167 Å². The van der Waals surface area contributed by atoms with Gasteiger partial charge >= 0.3 is 5.97 Å². The van der Waals surface area contributed by atoms with Crippen LogP contribution in [0, 0.1) is 17.2 Å². The van der Waals surface area contributed by atoms with Crippen LogP contribution in [-0.4, -0.2) is 38.6 Å². The molecule has 0 heterocycles. The normalized spacial score (nSPS) is 16.0. The van der Waals surface area contributed by atoms with E-state index in [9.17, 15) is 14.9 Å². The zero-order valence-electron chi connectivity index (χ0n) is 16.9. The number of hydrogen-bond acceptors (Lipinski definition) is 5. The molecule has 0 bridgehead atoms. The van der Waals surface area contributed by atoms with Gasteiger partial charge in [-0.25, -0.2) is 4.79 Å². The van der Waals surface area contributed by atoms with E-state index >= 15 is 0 Å². The second-order valence-corrected chi connectivity index (χ2v) is 7.45. The van der Waals surface area contributed by atoms with Gasteiger partial charge in [-0.1, -0.05) is 31.4 Å². The molecular weight excluding hydrogens is 354 g/mol. The molecule has 1 aliphatic rings. The van der Waals surface area contributed by atoms with E-state index in [1.807, 2.05) is 49.3 Å². The minimum atomic E-state index is -0.941. The molecule has 6 heteroatoms. The maximum Gasteiger partial charge on any atom is 0.349 e. The van der Waals surface area contributed by atoms with Crippen molar-refractivity contribution in [2.75, 3.05) is 25.5 Å². The first-order chi connectivity index (χ1) is 13.4. The summed E-state index contributed by atoms with van der Waals surface area (Å²) >= 11 is 0. The fraction of sp³-hybridized carbons (Fsp3) is 0.500. The highest BCUT2D eigenvalue weighted by Gasteiger charge is 2.22. The molecule has 1 fully saturated rings. The first kappa shape index (κ1) is 21.5. The minimum absolute atomic E-state index is 0.135. The fourth-order valence-corrected chi connectivity index (χ4v) is 3.23. The molecule has 28 heavy (non-hydrogen) atoms. The smallest absolute Gasteiger partial charge is 0.349 e. The molecule has 1 aliphatic carbocycles. The molecule has 1 aromatic rings. The summed E-state index contributed by atoms with van der Waals surface area (Å²) in [6.07, 6.45) is 6.45. The number of nitriles is 1. The molecule has 0 radical (unpaired) electrons. The molecule has 0 aliphatic heterocycles. The second kappa shape index (κ2) is 10.5. The van der Waals surface area contributed by atoms with Crippen molar-refractivity contribution >= 4 is 23.6 Å². The molecule has 0 spiro atoms. The molecule has 150 valence electrons. The van der Waals surface area contributed by atoms with Crippen molar-refractivity contribution in [3.05, 3.63) is 35.4 Å². The van der Waals surface area contributed by atoms with Gasteiger partial charge in [0.1, 0.15) is 11.6 Å². The Morgan fingerprint density at radius 2 is 1.89 bits per heavy atom. The summed E-state index contributed by atoms with van der Waals surface area (Å²) in [5.74, 6) is -0.619. The molecule has 6 nitrogen and oxygen atoms in total. The van der Waals surface area contributed by atoms with Crippen molar-refractivity contribution in [2.45, 2.75) is 45.1 Å². The summed E-state index contributed by atoms with van der Waals surface area (Å²) in [7, 11) is 3.87. The Hall–Kier alpha value is -2.81. The maximum atomic E-state index is 12.3. The second-order valence-electron chi connectivity index (χ2n) is 7.45. The number of nitrogens with one attached hydrogen (secondary N) is 1. The SMILES string of the molecule is C[C@H](OC(=O)/C(C#N)=C/c1ccc(N(C)C)cc1)C(=O)NCC1CCCCC1. The molecule has 1 aromatic carbocycles. The highest BCUT2D eigenvalue weighted by atomic mass is 16.5. The van der Waals surface area contributed by atoms with Crippen LogP contribution in [0.15, 0.2) is 29.8 Å². The molecule has 2 rings (SSSR count). The summed E-state index contributed by atoms with van der Waals surface area (Å²) in [6.45, 7) is 2.13. The Morgan fingerprint density at radius 1 is 1.25 bits per heavy atom. The molecule has 0 saturated heterocycles. The van der Waals surface area contributed by atoms with Crippen molar-refractivity contribution in [3.8, 4) is 6.07 Å². The first-order valence-electron chi connectivity index (χ1n) is 9.78. The maximum absolute atomic E-state index is 12.3. The average Bonchev–Trinajstić information content (AvgIpc) is 2.71. The zero-order valence-corrected chi connectivity index (χ0v) is 16.9. The summed E-state index contributed by atoms with van der Waals surface area (Å²) in [4.78, 5) is 26.4. The molecule has 0 aromatic heterocycles. The Bertz CT molecular complexity index is 741. The van der Waals surface area contributed by atoms with Gasteiger partial charge in [0.15, 0.2) is 6.10 Å². The Balaban J connectivity index is 1.90. The van der Waals surface area contributed by atoms with Crippen LogP contribution in [0.25, 0.3) is 6.08 Å². The molecular formula is C22H29N3O3. The van der Waals surface area contributed by atoms with Crippen LogP contribution in [-0.2, 0) is 14.3 Å². The summed E-state index contributed by atoms with van der Waals surface area (Å²) in [6, 6.07) is 9.29. The van der Waals surface area contributed by atoms with Crippen molar-refractivity contribution in [1.29, 1.82) is 5.26 Å². The fourth-order valence-electron chi connectivity index (χ4n) is 3.23. The number of rotatable bonds is 7. The monoisotopic (exact) mass is 383 g/mol. The average molecular weight is 383 g/mol. The van der Waals surface area contributed by atoms with Gasteiger partial charge in [-0.05, 0) is 49.5 Å². The molecule has 0 unspecified atom stereocenters. The Kier molecular flexibility index (Phi) is 8.06. The van der Waals surface area contributed by atoms with Gasteiger partial charge in [0.25, 0.3) is 5.91 Å². The van der Waals surface area contributed by atoms with E-state index in [2.05, 4.69) is 5.32 Å². The summed E-state index contributed by atoms with van der Waals surface area (Å²) < 4.78 is 5.19. The van der Waals surface area contributed by atoms with E-state index in [-0.39, 0.29) is 11.5 Å². The van der Waals surface area contributed by atoms with E-state index in [1.165, 1.54) is 32.3 Å². The molecule has 1 atom stereocenters. The Morgan fingerprint density at radius 3 is 2.46 bits per heavy atom. The predicted molar refractivity (Wildman–Crippen MR) is 109 cm³/mol. The predicted octanol–water partition coefficient (Wildman–Crippen LogP) is 3.29.